The molecule has 1 unspecified atom stereocenters. The third kappa shape index (κ3) is 7.02. The fourth-order valence-corrected chi connectivity index (χ4v) is 6.82. The summed E-state index contributed by atoms with van der Waals surface area (Å²) in [4.78, 5) is 40.4. The van der Waals surface area contributed by atoms with Crippen LogP contribution in [0, 0.1) is 5.92 Å². The number of hydrogen-bond acceptors (Lipinski definition) is 7. The SMILES string of the molecule is CC1CN(C(=O)c2ccc(N)c(C(C)(C)O)c2)Cc2cc(Cl)c(NC(=O)[C@H](Cc3cccc(S(C)(=O)=O)c3)C(=O)O)c(Cl)c21. The van der Waals surface area contributed by atoms with Gasteiger partial charge >= 0.3 is 5.97 Å². The van der Waals surface area contributed by atoms with Crippen LogP contribution < -0.4 is 11.1 Å². The number of carboxylic acid groups (broad SMARTS) is 1. The first-order valence-corrected chi connectivity index (χ1v) is 16.3. The second-order valence-corrected chi connectivity index (χ2v) is 14.4. The van der Waals surface area contributed by atoms with E-state index >= 15 is 0 Å². The highest BCUT2D eigenvalue weighted by atomic mass is 35.5. The molecule has 2 amide bonds. The molecule has 4 rings (SSSR count). The van der Waals surface area contributed by atoms with Crippen LogP contribution in [0.25, 0.3) is 0 Å². The number of hydrogen-bond donors (Lipinski definition) is 4. The van der Waals surface area contributed by atoms with Crippen molar-refractivity contribution in [2.24, 2.45) is 5.92 Å². The van der Waals surface area contributed by atoms with E-state index in [0.717, 1.165) is 6.26 Å². The molecule has 10 nitrogen and oxygen atoms in total. The number of carboxylic acids is 1. The Kier molecular flexibility index (Phi) is 9.37. The van der Waals surface area contributed by atoms with Crippen LogP contribution in [-0.4, -0.2) is 54.1 Å². The van der Waals surface area contributed by atoms with Gasteiger partial charge in [-0.25, -0.2) is 8.42 Å². The highest BCUT2D eigenvalue weighted by molar-refractivity contribution is 7.90. The van der Waals surface area contributed by atoms with E-state index in [1.54, 1.807) is 49.1 Å². The summed E-state index contributed by atoms with van der Waals surface area (Å²) in [5.74, 6) is -4.40. The molecule has 0 spiro atoms. The number of benzene rings is 3. The number of rotatable bonds is 8. The molecule has 1 aliphatic heterocycles. The average molecular weight is 663 g/mol. The first-order chi connectivity index (χ1) is 20.4. The number of fused-ring (bicyclic) bond motifs is 1. The molecule has 0 radical (unpaired) electrons. The van der Waals surface area contributed by atoms with Gasteiger partial charge < -0.3 is 26.2 Å². The molecule has 44 heavy (non-hydrogen) atoms. The normalized spacial score (nSPS) is 15.8. The van der Waals surface area contributed by atoms with Crippen molar-refractivity contribution in [2.45, 2.75) is 50.2 Å². The number of carbonyl (C=O) groups excluding carboxylic acids is 2. The number of aliphatic hydroxyl groups is 1. The monoisotopic (exact) mass is 661 g/mol. The molecule has 0 aliphatic carbocycles. The third-order valence-electron chi connectivity index (χ3n) is 7.57. The number of halogens is 2. The fraction of sp³-hybridized carbons (Fsp3) is 0.323. The molecule has 3 aromatic carbocycles. The summed E-state index contributed by atoms with van der Waals surface area (Å²) in [6, 6.07) is 12.1. The van der Waals surface area contributed by atoms with E-state index in [0.29, 0.717) is 33.5 Å². The van der Waals surface area contributed by atoms with Crippen LogP contribution in [0.1, 0.15) is 59.3 Å². The topological polar surface area (TPSA) is 167 Å². The van der Waals surface area contributed by atoms with Gasteiger partial charge in [-0.1, -0.05) is 42.3 Å². The fourth-order valence-electron chi connectivity index (χ4n) is 5.35. The maximum absolute atomic E-state index is 13.5. The first kappa shape index (κ1) is 33.3. The van der Waals surface area contributed by atoms with Crippen LogP contribution in [0.3, 0.4) is 0 Å². The number of nitrogens with two attached hydrogens (primary N) is 1. The second kappa shape index (κ2) is 12.4. The number of nitrogens with one attached hydrogen (secondary N) is 1. The van der Waals surface area contributed by atoms with Gasteiger partial charge in [0.1, 0.15) is 5.92 Å². The lowest BCUT2D eigenvalue weighted by Crippen LogP contribution is -2.38. The quantitative estimate of drug-likeness (QED) is 0.196. The van der Waals surface area contributed by atoms with Crippen LogP contribution in [0.5, 0.6) is 0 Å². The Morgan fingerprint density at radius 1 is 1.14 bits per heavy atom. The van der Waals surface area contributed by atoms with Crippen molar-refractivity contribution in [3.05, 3.63) is 86.4 Å². The molecule has 0 saturated heterocycles. The first-order valence-electron chi connectivity index (χ1n) is 13.6. The molecule has 1 aliphatic rings. The molecule has 1 heterocycles. The van der Waals surface area contributed by atoms with Gasteiger partial charge in [-0.15, -0.1) is 0 Å². The highest BCUT2D eigenvalue weighted by Crippen LogP contribution is 2.43. The van der Waals surface area contributed by atoms with Crippen molar-refractivity contribution in [1.82, 2.24) is 4.90 Å². The van der Waals surface area contributed by atoms with E-state index in [-0.39, 0.29) is 52.0 Å². The van der Waals surface area contributed by atoms with Crippen molar-refractivity contribution in [3.8, 4) is 0 Å². The van der Waals surface area contributed by atoms with Crippen molar-refractivity contribution in [1.29, 1.82) is 0 Å². The largest absolute Gasteiger partial charge is 0.481 e. The number of nitrogens with zero attached hydrogens (tertiary/aromatic N) is 1. The number of amides is 2. The summed E-state index contributed by atoms with van der Waals surface area (Å²) in [7, 11) is -3.53. The molecule has 13 heteroatoms. The van der Waals surface area contributed by atoms with E-state index in [1.165, 1.54) is 18.2 Å². The summed E-state index contributed by atoms with van der Waals surface area (Å²) in [5, 5.41) is 23.1. The molecular weight excluding hydrogens is 629 g/mol. The Morgan fingerprint density at radius 3 is 2.43 bits per heavy atom. The van der Waals surface area contributed by atoms with Crippen LogP contribution >= 0.6 is 23.2 Å². The summed E-state index contributed by atoms with van der Waals surface area (Å²) in [6.45, 7) is 5.49. The van der Waals surface area contributed by atoms with E-state index in [1.807, 2.05) is 6.92 Å². The Labute approximate surface area is 265 Å². The molecular formula is C31H33Cl2N3O7S. The maximum atomic E-state index is 13.5. The zero-order chi connectivity index (χ0) is 32.7. The predicted octanol–water partition coefficient (Wildman–Crippen LogP) is 4.85. The molecule has 0 aromatic heterocycles. The minimum absolute atomic E-state index is 0.0101. The standard InChI is InChI=1S/C31H33Cl2N3O7S/c1-16-14-36(29(38)18-8-9-24(34)22(12-18)31(2,3)41)15-19-13-23(32)27(26(33)25(16)19)35-28(37)21(30(39)40)11-17-6-5-7-20(10-17)44(4,42)43/h5-10,12-13,16,21,41H,11,14-15,34H2,1-4H3,(H,35,37)(H,39,40)/t16?,21-/m0/s1. The minimum Gasteiger partial charge on any atom is -0.481 e. The van der Waals surface area contributed by atoms with Gasteiger partial charge in [0.05, 0.1) is 26.2 Å². The molecule has 0 fully saturated rings. The van der Waals surface area contributed by atoms with Crippen LogP contribution in [0.15, 0.2) is 53.4 Å². The summed E-state index contributed by atoms with van der Waals surface area (Å²) < 4.78 is 23.9. The molecule has 0 saturated carbocycles. The number of anilines is 2. The number of sulfone groups is 1. The lowest BCUT2D eigenvalue weighted by molar-refractivity contribution is -0.145. The second-order valence-electron chi connectivity index (χ2n) is 11.6. The van der Waals surface area contributed by atoms with Crippen molar-refractivity contribution in [3.63, 3.8) is 0 Å². The number of nitrogen functional groups attached to an aromatic ring is 1. The van der Waals surface area contributed by atoms with Gasteiger partial charge in [0.25, 0.3) is 5.91 Å². The summed E-state index contributed by atoms with van der Waals surface area (Å²) in [6.07, 6.45) is 0.772. The van der Waals surface area contributed by atoms with Crippen molar-refractivity contribution in [2.75, 3.05) is 23.9 Å². The molecule has 2 atom stereocenters. The van der Waals surface area contributed by atoms with Crippen molar-refractivity contribution < 1.29 is 33.0 Å². The van der Waals surface area contributed by atoms with Crippen molar-refractivity contribution >= 4 is 62.2 Å². The zero-order valence-corrected chi connectivity index (χ0v) is 26.8. The zero-order valence-electron chi connectivity index (χ0n) is 24.5. The van der Waals surface area contributed by atoms with Gasteiger partial charge in [0, 0.05) is 42.1 Å². The van der Waals surface area contributed by atoms with Crippen LogP contribution in [0.4, 0.5) is 11.4 Å². The number of carbonyl (C=O) groups is 3. The van der Waals surface area contributed by atoms with Gasteiger partial charge in [-0.3, -0.25) is 14.4 Å². The average Bonchev–Trinajstić information content (AvgIpc) is 2.92. The van der Waals surface area contributed by atoms with Crippen LogP contribution in [0.2, 0.25) is 10.0 Å². The Bertz CT molecular complexity index is 1770. The van der Waals surface area contributed by atoms with E-state index in [4.69, 9.17) is 28.9 Å². The van der Waals surface area contributed by atoms with Crippen LogP contribution in [-0.2, 0) is 38.0 Å². The lowest BCUT2D eigenvalue weighted by atomic mass is 9.89. The van der Waals surface area contributed by atoms with E-state index in [2.05, 4.69) is 5.32 Å². The molecule has 5 N–H and O–H groups in total. The maximum Gasteiger partial charge on any atom is 0.316 e. The van der Waals surface area contributed by atoms with E-state index < -0.39 is 33.2 Å². The van der Waals surface area contributed by atoms with Gasteiger partial charge in [0.15, 0.2) is 9.84 Å². The Hall–Kier alpha value is -3.64. The smallest absolute Gasteiger partial charge is 0.316 e. The number of aliphatic carboxylic acids is 1. The molecule has 234 valence electrons. The Morgan fingerprint density at radius 2 is 1.82 bits per heavy atom. The summed E-state index contributed by atoms with van der Waals surface area (Å²) >= 11 is 13.3. The molecule has 0 bridgehead atoms. The molecule has 3 aromatic rings. The van der Waals surface area contributed by atoms with E-state index in [9.17, 15) is 33.0 Å². The Balaban J connectivity index is 1.59. The predicted molar refractivity (Wildman–Crippen MR) is 169 cm³/mol. The van der Waals surface area contributed by atoms with Gasteiger partial charge in [-0.2, -0.15) is 0 Å². The summed E-state index contributed by atoms with van der Waals surface area (Å²) in [5.41, 5.74) is 7.66. The van der Waals surface area contributed by atoms with Gasteiger partial charge in [-0.05, 0) is 73.4 Å². The third-order valence-corrected chi connectivity index (χ3v) is 9.37. The minimum atomic E-state index is -3.53. The lowest BCUT2D eigenvalue weighted by Gasteiger charge is -2.35. The van der Waals surface area contributed by atoms with Gasteiger partial charge in [0.2, 0.25) is 5.91 Å². The highest BCUT2D eigenvalue weighted by Gasteiger charge is 2.33.